The van der Waals surface area contributed by atoms with E-state index in [0.29, 0.717) is 19.0 Å². The second kappa shape index (κ2) is 8.58. The molecule has 0 aromatic heterocycles. The quantitative estimate of drug-likeness (QED) is 0.627. The van der Waals surface area contributed by atoms with E-state index in [1.54, 1.807) is 23.1 Å². The van der Waals surface area contributed by atoms with Gasteiger partial charge in [0.15, 0.2) is 0 Å². The molecule has 3 aromatic carbocycles. The van der Waals surface area contributed by atoms with E-state index in [1.165, 1.54) is 12.6 Å². The number of carbonyl (C=O) groups excluding carboxylic acids is 1. The highest BCUT2D eigenvalue weighted by Crippen LogP contribution is 2.28. The number of likely N-dealkylation sites (N-methyl/N-ethyl adjacent to an activating group) is 1. The van der Waals surface area contributed by atoms with Crippen LogP contribution in [0.25, 0.3) is 10.8 Å². The van der Waals surface area contributed by atoms with Crippen LogP contribution in [0.2, 0.25) is 0 Å². The Kier molecular flexibility index (Phi) is 5.88. The van der Waals surface area contributed by atoms with E-state index in [4.69, 9.17) is 0 Å². The van der Waals surface area contributed by atoms with Crippen LogP contribution in [-0.4, -0.2) is 50.2 Å². The minimum atomic E-state index is -3.73. The second-order valence-electron chi connectivity index (χ2n) is 7.84. The third-order valence-electron chi connectivity index (χ3n) is 5.91. The minimum Gasteiger partial charge on any atom is -0.342 e. The maximum absolute atomic E-state index is 13.0. The third kappa shape index (κ3) is 4.25. The number of benzene rings is 3. The molecule has 4 rings (SSSR count). The topological polar surface area (TPSA) is 57.7 Å². The zero-order valence-corrected chi connectivity index (χ0v) is 17.9. The van der Waals surface area contributed by atoms with Gasteiger partial charge in [0.2, 0.25) is 15.9 Å². The number of likely N-dealkylation sites (tertiary alicyclic amines) is 1. The van der Waals surface area contributed by atoms with E-state index < -0.39 is 10.0 Å². The van der Waals surface area contributed by atoms with Gasteiger partial charge in [-0.3, -0.25) is 4.79 Å². The van der Waals surface area contributed by atoms with Crippen molar-refractivity contribution in [1.82, 2.24) is 9.21 Å². The Hall–Kier alpha value is -2.70. The van der Waals surface area contributed by atoms with Gasteiger partial charge < -0.3 is 4.90 Å². The lowest BCUT2D eigenvalue weighted by Crippen LogP contribution is -2.44. The monoisotopic (exact) mass is 422 g/mol. The van der Waals surface area contributed by atoms with Gasteiger partial charge in [0.25, 0.3) is 0 Å². The molecule has 1 fully saturated rings. The first-order valence-corrected chi connectivity index (χ1v) is 11.7. The van der Waals surface area contributed by atoms with Gasteiger partial charge in [-0.25, -0.2) is 8.42 Å². The van der Waals surface area contributed by atoms with E-state index in [2.05, 4.69) is 12.1 Å². The van der Waals surface area contributed by atoms with E-state index in [0.717, 1.165) is 27.9 Å². The lowest BCUT2D eigenvalue weighted by atomic mass is 9.89. The molecule has 0 atom stereocenters. The molecule has 5 nitrogen and oxygen atoms in total. The fourth-order valence-electron chi connectivity index (χ4n) is 4.07. The summed E-state index contributed by atoms with van der Waals surface area (Å²) in [5.74, 6) is 0.308. The van der Waals surface area contributed by atoms with Crippen molar-refractivity contribution in [3.8, 4) is 0 Å². The predicted octanol–water partition coefficient (Wildman–Crippen LogP) is 3.87. The van der Waals surface area contributed by atoms with Crippen molar-refractivity contribution in [3.63, 3.8) is 0 Å². The van der Waals surface area contributed by atoms with E-state index in [1.807, 2.05) is 42.5 Å². The number of nitrogens with zero attached hydrogens (tertiary/aromatic N) is 2. The highest BCUT2D eigenvalue weighted by molar-refractivity contribution is 7.89. The predicted molar refractivity (Wildman–Crippen MR) is 119 cm³/mol. The molecule has 0 radical (unpaired) electrons. The standard InChI is InChI=1S/C24H26N2O3S/c1-25(30(28,29)23-12-11-20-9-5-6-10-22(20)17-23)18-24(27)26-15-13-21(14-16-26)19-7-3-2-4-8-19/h2-12,17,21H,13-16,18H2,1H3. The SMILES string of the molecule is CN(CC(=O)N1CCC(c2ccccc2)CC1)S(=O)(=O)c1ccc2ccccc2c1. The van der Waals surface area contributed by atoms with Crippen LogP contribution in [0.15, 0.2) is 77.7 Å². The normalized spacial score (nSPS) is 15.6. The summed E-state index contributed by atoms with van der Waals surface area (Å²) >= 11 is 0. The molecule has 0 unspecified atom stereocenters. The Labute approximate surface area is 178 Å². The van der Waals surface area contributed by atoms with Crippen molar-refractivity contribution >= 4 is 26.7 Å². The van der Waals surface area contributed by atoms with Crippen molar-refractivity contribution < 1.29 is 13.2 Å². The molecule has 1 aliphatic rings. The second-order valence-corrected chi connectivity index (χ2v) is 9.88. The minimum absolute atomic E-state index is 0.145. The van der Waals surface area contributed by atoms with Gasteiger partial charge in [-0.15, -0.1) is 0 Å². The fourth-order valence-corrected chi connectivity index (χ4v) is 5.23. The molecule has 6 heteroatoms. The van der Waals surface area contributed by atoms with Gasteiger partial charge in [0.1, 0.15) is 0 Å². The molecular formula is C24H26N2O3S. The number of fused-ring (bicyclic) bond motifs is 1. The Balaban J connectivity index is 1.40. The van der Waals surface area contributed by atoms with Crippen LogP contribution in [0.3, 0.4) is 0 Å². The van der Waals surface area contributed by atoms with Crippen molar-refractivity contribution in [1.29, 1.82) is 0 Å². The first kappa shape index (κ1) is 20.6. The molecule has 1 saturated heterocycles. The first-order chi connectivity index (χ1) is 14.4. The molecule has 1 aliphatic heterocycles. The lowest BCUT2D eigenvalue weighted by molar-refractivity contribution is -0.132. The van der Waals surface area contributed by atoms with Gasteiger partial charge in [-0.05, 0) is 47.2 Å². The maximum atomic E-state index is 13.0. The van der Waals surface area contributed by atoms with Crippen molar-refractivity contribution in [2.24, 2.45) is 0 Å². The molecule has 30 heavy (non-hydrogen) atoms. The number of piperidine rings is 1. The Morgan fingerprint density at radius 3 is 2.27 bits per heavy atom. The lowest BCUT2D eigenvalue weighted by Gasteiger charge is -2.33. The van der Waals surface area contributed by atoms with Crippen molar-refractivity contribution in [2.75, 3.05) is 26.7 Å². The summed E-state index contributed by atoms with van der Waals surface area (Å²) < 4.78 is 27.1. The average Bonchev–Trinajstić information content (AvgIpc) is 2.79. The number of sulfonamides is 1. The van der Waals surface area contributed by atoms with Crippen LogP contribution in [0.4, 0.5) is 0 Å². The summed E-state index contributed by atoms with van der Waals surface area (Å²) in [4.78, 5) is 14.8. The molecule has 0 saturated carbocycles. The van der Waals surface area contributed by atoms with Gasteiger partial charge >= 0.3 is 0 Å². The fraction of sp³-hybridized carbons (Fsp3) is 0.292. The van der Waals surface area contributed by atoms with E-state index in [-0.39, 0.29) is 17.3 Å². The van der Waals surface area contributed by atoms with Crippen LogP contribution in [-0.2, 0) is 14.8 Å². The summed E-state index contributed by atoms with van der Waals surface area (Å²) in [7, 11) is -2.26. The molecule has 156 valence electrons. The Bertz CT molecular complexity index is 1140. The van der Waals surface area contributed by atoms with Crippen LogP contribution in [0.1, 0.15) is 24.3 Å². The smallest absolute Gasteiger partial charge is 0.243 e. The van der Waals surface area contributed by atoms with Crippen LogP contribution >= 0.6 is 0 Å². The summed E-state index contributed by atoms with van der Waals surface area (Å²) in [6.07, 6.45) is 1.80. The van der Waals surface area contributed by atoms with Gasteiger partial charge in [-0.1, -0.05) is 60.7 Å². The number of hydrogen-bond acceptors (Lipinski definition) is 3. The molecular weight excluding hydrogens is 396 g/mol. The van der Waals surface area contributed by atoms with Gasteiger partial charge in [0.05, 0.1) is 11.4 Å². The maximum Gasteiger partial charge on any atom is 0.243 e. The first-order valence-electron chi connectivity index (χ1n) is 10.2. The van der Waals surface area contributed by atoms with E-state index >= 15 is 0 Å². The van der Waals surface area contributed by atoms with Crippen LogP contribution in [0, 0.1) is 0 Å². The number of hydrogen-bond donors (Lipinski definition) is 0. The molecule has 0 bridgehead atoms. The van der Waals surface area contributed by atoms with Crippen LogP contribution < -0.4 is 0 Å². The summed E-state index contributed by atoms with van der Waals surface area (Å²) in [6, 6.07) is 23.0. The molecule has 1 amide bonds. The molecule has 0 spiro atoms. The molecule has 0 aliphatic carbocycles. The average molecular weight is 423 g/mol. The van der Waals surface area contributed by atoms with E-state index in [9.17, 15) is 13.2 Å². The van der Waals surface area contributed by atoms with Gasteiger partial charge in [0, 0.05) is 20.1 Å². The number of rotatable bonds is 5. The number of carbonyl (C=O) groups is 1. The molecule has 0 N–H and O–H groups in total. The van der Waals surface area contributed by atoms with Crippen LogP contribution in [0.5, 0.6) is 0 Å². The number of amides is 1. The molecule has 1 heterocycles. The largest absolute Gasteiger partial charge is 0.342 e. The summed E-state index contributed by atoms with van der Waals surface area (Å²) in [6.45, 7) is 1.16. The molecule has 3 aromatic rings. The Morgan fingerprint density at radius 1 is 0.933 bits per heavy atom. The summed E-state index contributed by atoms with van der Waals surface area (Å²) in [5.41, 5.74) is 1.31. The third-order valence-corrected chi connectivity index (χ3v) is 7.71. The van der Waals surface area contributed by atoms with Gasteiger partial charge in [-0.2, -0.15) is 4.31 Å². The summed E-state index contributed by atoms with van der Waals surface area (Å²) in [5, 5.41) is 1.85. The van der Waals surface area contributed by atoms with Crippen molar-refractivity contribution in [2.45, 2.75) is 23.7 Å². The highest BCUT2D eigenvalue weighted by atomic mass is 32.2. The van der Waals surface area contributed by atoms with Crippen molar-refractivity contribution in [3.05, 3.63) is 78.4 Å². The Morgan fingerprint density at radius 2 is 1.57 bits per heavy atom. The zero-order valence-electron chi connectivity index (χ0n) is 17.1. The highest BCUT2D eigenvalue weighted by Gasteiger charge is 2.28. The zero-order chi connectivity index (χ0) is 21.1.